The molecule has 0 radical (unpaired) electrons. The lowest BCUT2D eigenvalue weighted by atomic mass is 10.2. The lowest BCUT2D eigenvalue weighted by Gasteiger charge is -2.13. The first-order chi connectivity index (χ1) is 7.22. The molecule has 0 aliphatic heterocycles. The number of ether oxygens (including phenoxy) is 1. The summed E-state index contributed by atoms with van der Waals surface area (Å²) in [6.07, 6.45) is 3.11. The Morgan fingerprint density at radius 3 is 2.67 bits per heavy atom. The maximum absolute atomic E-state index is 10.8. The highest BCUT2D eigenvalue weighted by molar-refractivity contribution is 5.81. The van der Waals surface area contributed by atoms with Crippen molar-refractivity contribution in [3.05, 3.63) is 48.2 Å². The Labute approximate surface area is 90.0 Å². The monoisotopic (exact) mass is 205 g/mol. The number of nitrogens with zero attached hydrogens (tertiary/aromatic N) is 1. The van der Waals surface area contributed by atoms with Crippen LogP contribution in [0, 0.1) is 0 Å². The maximum atomic E-state index is 10.8. The minimum Gasteiger partial charge on any atom is -0.466 e. The van der Waals surface area contributed by atoms with Gasteiger partial charge >= 0.3 is 5.97 Å². The molecule has 3 nitrogen and oxygen atoms in total. The van der Waals surface area contributed by atoms with Crippen molar-refractivity contribution in [2.75, 3.05) is 14.2 Å². The second-order valence-corrected chi connectivity index (χ2v) is 3.24. The fourth-order valence-corrected chi connectivity index (χ4v) is 1.18. The van der Waals surface area contributed by atoms with Gasteiger partial charge in [-0.1, -0.05) is 30.3 Å². The molecule has 1 aromatic carbocycles. The van der Waals surface area contributed by atoms with Gasteiger partial charge in [-0.3, -0.25) is 0 Å². The molecule has 0 fully saturated rings. The van der Waals surface area contributed by atoms with Gasteiger partial charge in [-0.15, -0.1) is 0 Å². The summed E-state index contributed by atoms with van der Waals surface area (Å²) in [5.41, 5.74) is 1.20. The minimum atomic E-state index is -0.338. The highest BCUT2D eigenvalue weighted by Crippen LogP contribution is 2.02. The van der Waals surface area contributed by atoms with E-state index in [2.05, 4.69) is 4.74 Å². The van der Waals surface area contributed by atoms with Crippen molar-refractivity contribution in [1.82, 2.24) is 4.90 Å². The van der Waals surface area contributed by atoms with E-state index >= 15 is 0 Å². The Morgan fingerprint density at radius 1 is 1.40 bits per heavy atom. The van der Waals surface area contributed by atoms with Gasteiger partial charge < -0.3 is 9.64 Å². The van der Waals surface area contributed by atoms with Crippen molar-refractivity contribution in [2.45, 2.75) is 6.54 Å². The number of carbonyl (C=O) groups is 1. The molecule has 0 unspecified atom stereocenters. The van der Waals surface area contributed by atoms with Crippen molar-refractivity contribution in [1.29, 1.82) is 0 Å². The average molecular weight is 205 g/mol. The van der Waals surface area contributed by atoms with E-state index in [1.165, 1.54) is 18.7 Å². The zero-order chi connectivity index (χ0) is 11.1. The molecule has 0 N–H and O–H groups in total. The number of carbonyl (C=O) groups excluding carboxylic acids is 1. The molecule has 0 aliphatic rings. The van der Waals surface area contributed by atoms with E-state index in [4.69, 9.17) is 0 Å². The van der Waals surface area contributed by atoms with Gasteiger partial charge in [0.2, 0.25) is 0 Å². The molecule has 0 amide bonds. The Bertz CT molecular complexity index is 333. The molecule has 0 aliphatic carbocycles. The molecular weight excluding hydrogens is 190 g/mol. The summed E-state index contributed by atoms with van der Waals surface area (Å²) in [7, 11) is 3.27. The summed E-state index contributed by atoms with van der Waals surface area (Å²) in [6.45, 7) is 0.772. The molecule has 1 aromatic rings. The first kappa shape index (κ1) is 11.3. The number of rotatable bonds is 4. The number of hydrogen-bond donors (Lipinski definition) is 0. The zero-order valence-electron chi connectivity index (χ0n) is 9.01. The van der Waals surface area contributed by atoms with Crippen LogP contribution in [0.2, 0.25) is 0 Å². The van der Waals surface area contributed by atoms with Crippen LogP contribution in [0.1, 0.15) is 5.56 Å². The van der Waals surface area contributed by atoms with Crippen LogP contribution in [0.5, 0.6) is 0 Å². The van der Waals surface area contributed by atoms with Gasteiger partial charge in [0, 0.05) is 25.9 Å². The molecule has 0 saturated heterocycles. The average Bonchev–Trinajstić information content (AvgIpc) is 2.27. The number of hydrogen-bond acceptors (Lipinski definition) is 3. The molecular formula is C12H15NO2. The summed E-state index contributed by atoms with van der Waals surface area (Å²) in [5.74, 6) is -0.338. The molecule has 0 atom stereocenters. The van der Waals surface area contributed by atoms with Gasteiger partial charge in [0.1, 0.15) is 0 Å². The van der Waals surface area contributed by atoms with Crippen molar-refractivity contribution in [2.24, 2.45) is 0 Å². The molecule has 0 bridgehead atoms. The van der Waals surface area contributed by atoms with Crippen LogP contribution >= 0.6 is 0 Å². The predicted octanol–water partition coefficient (Wildman–Crippen LogP) is 1.81. The number of benzene rings is 1. The second-order valence-electron chi connectivity index (χ2n) is 3.24. The van der Waals surface area contributed by atoms with Crippen LogP contribution in [0.25, 0.3) is 0 Å². The third-order valence-electron chi connectivity index (χ3n) is 1.94. The van der Waals surface area contributed by atoms with Gasteiger partial charge in [0.15, 0.2) is 0 Å². The summed E-state index contributed by atoms with van der Waals surface area (Å²) in [5, 5.41) is 0. The summed E-state index contributed by atoms with van der Waals surface area (Å²) in [4.78, 5) is 12.8. The standard InChI is InChI=1S/C12H15NO2/c1-13(9-8-12(14)15-2)10-11-6-4-3-5-7-11/h3-9H,10H2,1-2H3/b9-8+. The fraction of sp³-hybridized carbons (Fsp3) is 0.250. The van der Waals surface area contributed by atoms with E-state index in [1.54, 1.807) is 6.20 Å². The molecule has 0 heterocycles. The predicted molar refractivity (Wildman–Crippen MR) is 59.1 cm³/mol. The SMILES string of the molecule is COC(=O)/C=C/N(C)Cc1ccccc1. The normalized spacial score (nSPS) is 10.3. The first-order valence-corrected chi connectivity index (χ1v) is 4.72. The third-order valence-corrected chi connectivity index (χ3v) is 1.94. The molecule has 0 aromatic heterocycles. The van der Waals surface area contributed by atoms with Gasteiger partial charge in [-0.25, -0.2) is 4.79 Å². The van der Waals surface area contributed by atoms with Crippen molar-refractivity contribution in [3.8, 4) is 0 Å². The van der Waals surface area contributed by atoms with Crippen LogP contribution < -0.4 is 0 Å². The van der Waals surface area contributed by atoms with Crippen LogP contribution in [0.15, 0.2) is 42.6 Å². The first-order valence-electron chi connectivity index (χ1n) is 4.72. The lowest BCUT2D eigenvalue weighted by Crippen LogP contribution is -2.10. The molecule has 0 spiro atoms. The highest BCUT2D eigenvalue weighted by Gasteiger charge is 1.96. The summed E-state index contributed by atoms with van der Waals surface area (Å²) in [6, 6.07) is 10.1. The Balaban J connectivity index is 2.46. The van der Waals surface area contributed by atoms with Crippen LogP contribution in [-0.2, 0) is 16.1 Å². The second kappa shape index (κ2) is 5.86. The zero-order valence-corrected chi connectivity index (χ0v) is 9.01. The van der Waals surface area contributed by atoms with E-state index < -0.39 is 0 Å². The Hall–Kier alpha value is -1.77. The Morgan fingerprint density at radius 2 is 2.07 bits per heavy atom. The topological polar surface area (TPSA) is 29.5 Å². The lowest BCUT2D eigenvalue weighted by molar-refractivity contribution is -0.134. The van der Waals surface area contributed by atoms with Gasteiger partial charge in [-0.05, 0) is 5.56 Å². The minimum absolute atomic E-state index is 0.338. The molecule has 3 heteroatoms. The van der Waals surface area contributed by atoms with Gasteiger partial charge in [0.25, 0.3) is 0 Å². The van der Waals surface area contributed by atoms with Gasteiger partial charge in [-0.2, -0.15) is 0 Å². The quantitative estimate of drug-likeness (QED) is 0.554. The third kappa shape index (κ3) is 4.31. The van der Waals surface area contributed by atoms with Crippen molar-refractivity contribution < 1.29 is 9.53 Å². The van der Waals surface area contributed by atoms with E-state index in [1.807, 2.05) is 42.3 Å². The van der Waals surface area contributed by atoms with Crippen molar-refractivity contribution in [3.63, 3.8) is 0 Å². The molecule has 80 valence electrons. The summed E-state index contributed by atoms with van der Waals surface area (Å²) >= 11 is 0. The van der Waals surface area contributed by atoms with E-state index in [9.17, 15) is 4.79 Å². The Kier molecular flexibility index (Phi) is 4.41. The van der Waals surface area contributed by atoms with E-state index in [0.29, 0.717) is 0 Å². The number of methoxy groups -OCH3 is 1. The molecule has 15 heavy (non-hydrogen) atoms. The van der Waals surface area contributed by atoms with Crippen molar-refractivity contribution >= 4 is 5.97 Å². The number of esters is 1. The van der Waals surface area contributed by atoms with Crippen LogP contribution in [0.3, 0.4) is 0 Å². The van der Waals surface area contributed by atoms with E-state index in [-0.39, 0.29) is 5.97 Å². The van der Waals surface area contributed by atoms with E-state index in [0.717, 1.165) is 6.54 Å². The smallest absolute Gasteiger partial charge is 0.331 e. The fourth-order valence-electron chi connectivity index (χ4n) is 1.18. The largest absolute Gasteiger partial charge is 0.466 e. The van der Waals surface area contributed by atoms with Crippen LogP contribution in [0.4, 0.5) is 0 Å². The molecule has 0 saturated carbocycles. The maximum Gasteiger partial charge on any atom is 0.331 e. The molecule has 1 rings (SSSR count). The van der Waals surface area contributed by atoms with Gasteiger partial charge in [0.05, 0.1) is 7.11 Å². The highest BCUT2D eigenvalue weighted by atomic mass is 16.5. The van der Waals surface area contributed by atoms with Crippen LogP contribution in [-0.4, -0.2) is 25.0 Å². The summed E-state index contributed by atoms with van der Waals surface area (Å²) < 4.78 is 4.50.